The lowest BCUT2D eigenvalue weighted by Gasteiger charge is -2.37. The number of imidazole rings is 1. The van der Waals surface area contributed by atoms with E-state index in [1.165, 1.54) is 87.0 Å². The van der Waals surface area contributed by atoms with Gasteiger partial charge in [0.25, 0.3) is 0 Å². The molecule has 4 aromatic rings. The maximum atomic E-state index is 4.91. The zero-order chi connectivity index (χ0) is 24.5. The quantitative estimate of drug-likeness (QED) is 0.176. The minimum atomic E-state index is -0.470. The Morgan fingerprint density at radius 2 is 1.14 bits per heavy atom. The molecular formula is C33H39N3. The summed E-state index contributed by atoms with van der Waals surface area (Å²) >= 11 is 0. The Balaban J connectivity index is 1.37. The number of hydrogen-bond acceptors (Lipinski definition) is 2. The first-order valence-corrected chi connectivity index (χ1v) is 13.8. The predicted molar refractivity (Wildman–Crippen MR) is 149 cm³/mol. The van der Waals surface area contributed by atoms with Gasteiger partial charge in [-0.1, -0.05) is 110 Å². The number of aryl methyl sites for hydroxylation is 1. The van der Waals surface area contributed by atoms with E-state index >= 15 is 0 Å². The molecule has 0 radical (unpaired) electrons. The van der Waals surface area contributed by atoms with Crippen LogP contribution in [0.4, 0.5) is 0 Å². The molecule has 5 rings (SSSR count). The van der Waals surface area contributed by atoms with Crippen molar-refractivity contribution in [2.75, 3.05) is 19.6 Å². The Morgan fingerprint density at radius 1 is 0.611 bits per heavy atom. The zero-order valence-corrected chi connectivity index (χ0v) is 21.4. The summed E-state index contributed by atoms with van der Waals surface area (Å²) in [4.78, 5) is 7.59. The molecule has 1 aliphatic rings. The molecule has 3 heteroatoms. The van der Waals surface area contributed by atoms with Crippen molar-refractivity contribution in [3.05, 3.63) is 126 Å². The molecule has 0 aliphatic carbocycles. The van der Waals surface area contributed by atoms with Crippen molar-refractivity contribution in [1.82, 2.24) is 14.5 Å². The van der Waals surface area contributed by atoms with E-state index in [0.717, 1.165) is 6.42 Å². The van der Waals surface area contributed by atoms with Gasteiger partial charge in [-0.2, -0.15) is 0 Å². The molecule has 1 aliphatic heterocycles. The number of nitrogens with zero attached hydrogens (tertiary/aromatic N) is 3. The molecule has 3 nitrogen and oxygen atoms in total. The lowest BCUT2D eigenvalue weighted by molar-refractivity contribution is 0.278. The molecule has 0 N–H and O–H groups in total. The first-order chi connectivity index (χ1) is 17.9. The van der Waals surface area contributed by atoms with Gasteiger partial charge in [0.1, 0.15) is 5.54 Å². The second-order valence-corrected chi connectivity index (χ2v) is 10.1. The van der Waals surface area contributed by atoms with E-state index in [-0.39, 0.29) is 0 Å². The summed E-state index contributed by atoms with van der Waals surface area (Å²) in [6.45, 7) is 3.85. The number of hydrogen-bond donors (Lipinski definition) is 0. The Bertz CT molecular complexity index is 1060. The second kappa shape index (κ2) is 12.2. The van der Waals surface area contributed by atoms with Crippen LogP contribution in [0.5, 0.6) is 0 Å². The first kappa shape index (κ1) is 24.5. The topological polar surface area (TPSA) is 21.1 Å². The fourth-order valence-corrected chi connectivity index (χ4v) is 5.84. The van der Waals surface area contributed by atoms with Crippen LogP contribution in [0.15, 0.2) is 104 Å². The highest BCUT2D eigenvalue weighted by molar-refractivity contribution is 5.50. The SMILES string of the molecule is c1ccc(C(c2ccccc2)(c2ccccc2)n2cnc(CCCCCN3CCCCCC3)c2)cc1. The summed E-state index contributed by atoms with van der Waals surface area (Å²) in [6, 6.07) is 32.5. The van der Waals surface area contributed by atoms with Crippen LogP contribution in [-0.2, 0) is 12.0 Å². The Morgan fingerprint density at radius 3 is 1.67 bits per heavy atom. The molecule has 1 saturated heterocycles. The standard InChI is InChI=1S/C33H39N3/c1-2-15-25-35(24-14-1)26-16-6-13-23-32-27-36(28-34-32)33(29-17-7-3-8-18-29,30-19-9-4-10-20-30)31-21-11-5-12-22-31/h3-5,7-12,17-22,27-28H,1-2,6,13-16,23-26H2. The van der Waals surface area contributed by atoms with Crippen molar-refractivity contribution in [2.24, 2.45) is 0 Å². The third-order valence-corrected chi connectivity index (χ3v) is 7.70. The summed E-state index contributed by atoms with van der Waals surface area (Å²) in [6.07, 6.45) is 14.7. The van der Waals surface area contributed by atoms with E-state index < -0.39 is 5.54 Å². The molecule has 0 saturated carbocycles. The van der Waals surface area contributed by atoms with Gasteiger partial charge in [-0.25, -0.2) is 4.98 Å². The molecule has 1 fully saturated rings. The van der Waals surface area contributed by atoms with Gasteiger partial charge < -0.3 is 9.47 Å². The van der Waals surface area contributed by atoms with Gasteiger partial charge in [-0.05, 0) is 68.4 Å². The lowest BCUT2D eigenvalue weighted by Crippen LogP contribution is -2.36. The van der Waals surface area contributed by atoms with Crippen LogP contribution in [0.1, 0.15) is 67.3 Å². The predicted octanol–water partition coefficient (Wildman–Crippen LogP) is 7.31. The highest BCUT2D eigenvalue weighted by Gasteiger charge is 2.38. The number of benzene rings is 3. The fraction of sp³-hybridized carbons (Fsp3) is 0.364. The Labute approximate surface area is 216 Å². The molecule has 0 atom stereocenters. The monoisotopic (exact) mass is 477 g/mol. The van der Waals surface area contributed by atoms with Crippen molar-refractivity contribution < 1.29 is 0 Å². The molecule has 0 spiro atoms. The number of aromatic nitrogens is 2. The normalized spacial score (nSPS) is 15.0. The molecule has 0 bridgehead atoms. The minimum Gasteiger partial charge on any atom is -0.319 e. The van der Waals surface area contributed by atoms with Crippen LogP contribution in [-0.4, -0.2) is 34.1 Å². The van der Waals surface area contributed by atoms with Crippen LogP contribution < -0.4 is 0 Å². The first-order valence-electron chi connectivity index (χ1n) is 13.8. The molecular weight excluding hydrogens is 438 g/mol. The summed E-state index contributed by atoms with van der Waals surface area (Å²) in [5, 5.41) is 0. The minimum absolute atomic E-state index is 0.470. The van der Waals surface area contributed by atoms with Crippen LogP contribution in [0, 0.1) is 0 Å². The summed E-state index contributed by atoms with van der Waals surface area (Å²) in [5.41, 5.74) is 4.43. The van der Waals surface area contributed by atoms with Gasteiger partial charge in [0.2, 0.25) is 0 Å². The Kier molecular flexibility index (Phi) is 8.30. The third kappa shape index (κ3) is 5.47. The molecule has 0 amide bonds. The highest BCUT2D eigenvalue weighted by Crippen LogP contribution is 2.40. The number of rotatable bonds is 10. The van der Waals surface area contributed by atoms with Gasteiger partial charge in [0.05, 0.1) is 12.0 Å². The number of likely N-dealkylation sites (tertiary alicyclic amines) is 1. The van der Waals surface area contributed by atoms with Crippen molar-refractivity contribution in [1.29, 1.82) is 0 Å². The zero-order valence-electron chi connectivity index (χ0n) is 21.4. The van der Waals surface area contributed by atoms with Crippen LogP contribution >= 0.6 is 0 Å². The lowest BCUT2D eigenvalue weighted by atomic mass is 9.77. The Hall–Kier alpha value is -3.17. The van der Waals surface area contributed by atoms with E-state index in [9.17, 15) is 0 Å². The average molecular weight is 478 g/mol. The number of unbranched alkanes of at least 4 members (excludes halogenated alkanes) is 2. The third-order valence-electron chi connectivity index (χ3n) is 7.70. The van der Waals surface area contributed by atoms with Gasteiger partial charge >= 0.3 is 0 Å². The van der Waals surface area contributed by atoms with Crippen LogP contribution in [0.3, 0.4) is 0 Å². The van der Waals surface area contributed by atoms with E-state index in [0.29, 0.717) is 0 Å². The van der Waals surface area contributed by atoms with E-state index in [1.807, 2.05) is 6.33 Å². The van der Waals surface area contributed by atoms with E-state index in [2.05, 4.69) is 107 Å². The smallest absolute Gasteiger partial charge is 0.121 e. The largest absolute Gasteiger partial charge is 0.319 e. The van der Waals surface area contributed by atoms with E-state index in [1.54, 1.807) is 0 Å². The molecule has 1 aromatic heterocycles. The van der Waals surface area contributed by atoms with E-state index in [4.69, 9.17) is 4.98 Å². The van der Waals surface area contributed by atoms with Crippen LogP contribution in [0.2, 0.25) is 0 Å². The molecule has 3 aromatic carbocycles. The van der Waals surface area contributed by atoms with Crippen molar-refractivity contribution in [2.45, 2.75) is 56.9 Å². The van der Waals surface area contributed by atoms with Gasteiger partial charge in [-0.15, -0.1) is 0 Å². The fourth-order valence-electron chi connectivity index (χ4n) is 5.84. The summed E-state index contributed by atoms with van der Waals surface area (Å²) in [7, 11) is 0. The van der Waals surface area contributed by atoms with Gasteiger partial charge in [-0.3, -0.25) is 0 Å². The molecule has 186 valence electrons. The average Bonchev–Trinajstić information content (AvgIpc) is 3.25. The molecule has 0 unspecified atom stereocenters. The van der Waals surface area contributed by atoms with Gasteiger partial charge in [0.15, 0.2) is 0 Å². The maximum Gasteiger partial charge on any atom is 0.121 e. The summed E-state index contributed by atoms with van der Waals surface area (Å²) in [5.74, 6) is 0. The maximum absolute atomic E-state index is 4.91. The second-order valence-electron chi connectivity index (χ2n) is 10.1. The molecule has 36 heavy (non-hydrogen) atoms. The van der Waals surface area contributed by atoms with Crippen molar-refractivity contribution >= 4 is 0 Å². The summed E-state index contributed by atoms with van der Waals surface area (Å²) < 4.78 is 2.33. The molecule has 2 heterocycles. The van der Waals surface area contributed by atoms with Crippen LogP contribution in [0.25, 0.3) is 0 Å². The van der Waals surface area contributed by atoms with Crippen molar-refractivity contribution in [3.8, 4) is 0 Å². The highest BCUT2D eigenvalue weighted by atomic mass is 15.1. The van der Waals surface area contributed by atoms with Gasteiger partial charge in [0, 0.05) is 6.20 Å². The van der Waals surface area contributed by atoms with Crippen molar-refractivity contribution in [3.63, 3.8) is 0 Å².